The van der Waals surface area contributed by atoms with Crippen LogP contribution >= 0.6 is 0 Å². The summed E-state index contributed by atoms with van der Waals surface area (Å²) in [6.45, 7) is 3.39. The van der Waals surface area contributed by atoms with Gasteiger partial charge in [-0.2, -0.15) is 0 Å². The van der Waals surface area contributed by atoms with Crippen LogP contribution in [0.25, 0.3) is 11.1 Å². The third-order valence-electron chi connectivity index (χ3n) is 5.13. The maximum Gasteiger partial charge on any atom is 0.314 e. The number of esters is 1. The van der Waals surface area contributed by atoms with Gasteiger partial charge in [0.15, 0.2) is 17.4 Å². The van der Waals surface area contributed by atoms with Crippen LogP contribution in [0.1, 0.15) is 30.6 Å². The zero-order chi connectivity index (χ0) is 24.0. The number of amides is 1. The summed E-state index contributed by atoms with van der Waals surface area (Å²) in [5.74, 6) is -3.67. The van der Waals surface area contributed by atoms with Crippen LogP contribution < -0.4 is 14.8 Å². The molecule has 1 amide bonds. The molecule has 0 heterocycles. The monoisotopic (exact) mass is 453 g/mol. The molecule has 3 aromatic carbocycles. The molecule has 0 saturated carbocycles. The molecule has 1 N–H and O–H groups in total. The molecule has 2 atom stereocenters. The average molecular weight is 453 g/mol. The number of carbonyl (C=O) groups is 2. The molecule has 2 unspecified atom stereocenters. The quantitative estimate of drug-likeness (QED) is 0.367. The number of rotatable bonds is 8. The molecular formula is C26H25F2NO4. The van der Waals surface area contributed by atoms with Gasteiger partial charge in [-0.3, -0.25) is 9.59 Å². The maximum absolute atomic E-state index is 13.8. The Kier molecular flexibility index (Phi) is 7.77. The van der Waals surface area contributed by atoms with E-state index in [0.29, 0.717) is 5.75 Å². The lowest BCUT2D eigenvalue weighted by atomic mass is 10.0. The van der Waals surface area contributed by atoms with Gasteiger partial charge in [0.05, 0.1) is 13.0 Å². The molecule has 0 saturated heterocycles. The Morgan fingerprint density at radius 1 is 0.909 bits per heavy atom. The van der Waals surface area contributed by atoms with Gasteiger partial charge in [0.1, 0.15) is 5.75 Å². The highest BCUT2D eigenvalue weighted by Gasteiger charge is 2.21. The highest BCUT2D eigenvalue weighted by atomic mass is 19.1. The zero-order valence-corrected chi connectivity index (χ0v) is 18.6. The molecule has 5 nitrogen and oxygen atoms in total. The standard InChI is InChI=1S/C26H25F2NO4/c1-16(13-17(2)29-25(30)20-14-22(27)24(32-3)23(28)15-20)26(31)33-21-11-9-19(10-12-21)18-7-5-4-6-8-18/h4-12,14-17H,13H2,1-3H3,(H,29,30). The lowest BCUT2D eigenvalue weighted by Crippen LogP contribution is -2.35. The van der Waals surface area contributed by atoms with Crippen LogP contribution in [-0.4, -0.2) is 25.0 Å². The van der Waals surface area contributed by atoms with Gasteiger partial charge in [-0.15, -0.1) is 0 Å². The van der Waals surface area contributed by atoms with Crippen molar-refractivity contribution in [3.63, 3.8) is 0 Å². The van der Waals surface area contributed by atoms with Gasteiger partial charge in [-0.25, -0.2) is 8.78 Å². The molecule has 0 spiro atoms. The second kappa shape index (κ2) is 10.7. The maximum atomic E-state index is 13.8. The number of nitrogens with one attached hydrogen (secondary N) is 1. The van der Waals surface area contributed by atoms with E-state index in [9.17, 15) is 18.4 Å². The van der Waals surface area contributed by atoms with Crippen molar-refractivity contribution in [2.45, 2.75) is 26.3 Å². The van der Waals surface area contributed by atoms with Crippen molar-refractivity contribution in [2.24, 2.45) is 5.92 Å². The van der Waals surface area contributed by atoms with Gasteiger partial charge in [0.25, 0.3) is 5.91 Å². The van der Waals surface area contributed by atoms with Gasteiger partial charge in [0, 0.05) is 11.6 Å². The normalized spacial score (nSPS) is 12.5. The highest BCUT2D eigenvalue weighted by molar-refractivity contribution is 5.94. The molecule has 0 aromatic heterocycles. The van der Waals surface area contributed by atoms with Crippen molar-refractivity contribution < 1.29 is 27.8 Å². The first kappa shape index (κ1) is 23.9. The molecule has 7 heteroatoms. The summed E-state index contributed by atoms with van der Waals surface area (Å²) in [4.78, 5) is 24.8. The Hall–Kier alpha value is -3.74. The van der Waals surface area contributed by atoms with E-state index < -0.39 is 41.2 Å². The van der Waals surface area contributed by atoms with Gasteiger partial charge in [-0.05, 0) is 48.7 Å². The predicted molar refractivity (Wildman–Crippen MR) is 121 cm³/mol. The smallest absolute Gasteiger partial charge is 0.314 e. The van der Waals surface area contributed by atoms with Crippen LogP contribution in [-0.2, 0) is 4.79 Å². The number of hydrogen-bond acceptors (Lipinski definition) is 4. The summed E-state index contributed by atoms with van der Waals surface area (Å²) in [5.41, 5.74) is 1.89. The van der Waals surface area contributed by atoms with E-state index in [1.165, 1.54) is 0 Å². The molecule has 0 aliphatic carbocycles. The largest absolute Gasteiger partial charge is 0.491 e. The van der Waals surface area contributed by atoms with Crippen molar-refractivity contribution in [3.8, 4) is 22.6 Å². The van der Waals surface area contributed by atoms with Crippen molar-refractivity contribution >= 4 is 11.9 Å². The molecule has 3 aromatic rings. The summed E-state index contributed by atoms with van der Waals surface area (Å²) in [5, 5.41) is 2.64. The third-order valence-corrected chi connectivity index (χ3v) is 5.13. The van der Waals surface area contributed by atoms with Crippen molar-refractivity contribution in [1.82, 2.24) is 5.32 Å². The molecular weight excluding hydrogens is 428 g/mol. The van der Waals surface area contributed by atoms with E-state index in [2.05, 4.69) is 10.1 Å². The van der Waals surface area contributed by atoms with Crippen LogP contribution in [0.4, 0.5) is 8.78 Å². The van der Waals surface area contributed by atoms with Crippen LogP contribution in [0.15, 0.2) is 66.7 Å². The van der Waals surface area contributed by atoms with E-state index in [4.69, 9.17) is 4.74 Å². The van der Waals surface area contributed by atoms with Gasteiger partial charge < -0.3 is 14.8 Å². The fraction of sp³-hybridized carbons (Fsp3) is 0.231. The Morgan fingerprint density at radius 3 is 2.06 bits per heavy atom. The Balaban J connectivity index is 1.54. The van der Waals surface area contributed by atoms with Gasteiger partial charge >= 0.3 is 5.97 Å². The lowest BCUT2D eigenvalue weighted by molar-refractivity contribution is -0.138. The van der Waals surface area contributed by atoms with Crippen molar-refractivity contribution in [1.29, 1.82) is 0 Å². The van der Waals surface area contributed by atoms with Crippen molar-refractivity contribution in [3.05, 3.63) is 83.9 Å². The minimum absolute atomic E-state index is 0.175. The Labute approximate surface area is 191 Å². The molecule has 33 heavy (non-hydrogen) atoms. The number of carbonyl (C=O) groups excluding carboxylic acids is 2. The van der Waals surface area contributed by atoms with Crippen LogP contribution in [0.3, 0.4) is 0 Å². The number of halogens is 2. The van der Waals surface area contributed by atoms with Gasteiger partial charge in [-0.1, -0.05) is 49.4 Å². The predicted octanol–water partition coefficient (Wildman–Crippen LogP) is 5.39. The summed E-state index contributed by atoms with van der Waals surface area (Å²) in [7, 11) is 1.14. The molecule has 0 aliphatic rings. The first-order valence-corrected chi connectivity index (χ1v) is 10.5. The fourth-order valence-corrected chi connectivity index (χ4v) is 3.44. The molecule has 0 fully saturated rings. The number of benzene rings is 3. The summed E-state index contributed by atoms with van der Waals surface area (Å²) in [6, 6.07) is 18.4. The molecule has 3 rings (SSSR count). The fourth-order valence-electron chi connectivity index (χ4n) is 3.44. The SMILES string of the molecule is COc1c(F)cc(C(=O)NC(C)CC(C)C(=O)Oc2ccc(-c3ccccc3)cc2)cc1F. The van der Waals surface area contributed by atoms with E-state index >= 15 is 0 Å². The zero-order valence-electron chi connectivity index (χ0n) is 18.6. The van der Waals surface area contributed by atoms with Crippen molar-refractivity contribution in [2.75, 3.05) is 7.11 Å². The Bertz CT molecular complexity index is 1090. The van der Waals surface area contributed by atoms with Crippen LogP contribution in [0.2, 0.25) is 0 Å². The minimum Gasteiger partial charge on any atom is -0.491 e. The number of ether oxygens (including phenoxy) is 2. The van der Waals surface area contributed by atoms with E-state index in [1.54, 1.807) is 26.0 Å². The van der Waals surface area contributed by atoms with Crippen LogP contribution in [0.5, 0.6) is 11.5 Å². The Morgan fingerprint density at radius 2 is 1.48 bits per heavy atom. The molecule has 0 bridgehead atoms. The average Bonchev–Trinajstić information content (AvgIpc) is 2.79. The summed E-state index contributed by atoms with van der Waals surface area (Å²) >= 11 is 0. The van der Waals surface area contributed by atoms with E-state index in [0.717, 1.165) is 30.4 Å². The first-order chi connectivity index (χ1) is 15.8. The number of methoxy groups -OCH3 is 1. The minimum atomic E-state index is -0.967. The number of hydrogen-bond donors (Lipinski definition) is 1. The summed E-state index contributed by atoms with van der Waals surface area (Å²) in [6.07, 6.45) is 0.286. The third kappa shape index (κ3) is 6.16. The molecule has 0 radical (unpaired) electrons. The molecule has 172 valence electrons. The first-order valence-electron chi connectivity index (χ1n) is 10.5. The highest BCUT2D eigenvalue weighted by Crippen LogP contribution is 2.24. The topological polar surface area (TPSA) is 64.6 Å². The second-order valence-corrected chi connectivity index (χ2v) is 7.80. The van der Waals surface area contributed by atoms with E-state index in [-0.39, 0.29) is 12.0 Å². The van der Waals surface area contributed by atoms with Crippen LogP contribution in [0, 0.1) is 17.6 Å². The summed E-state index contributed by atoms with van der Waals surface area (Å²) < 4.78 is 37.8. The lowest BCUT2D eigenvalue weighted by Gasteiger charge is -2.18. The van der Waals surface area contributed by atoms with E-state index in [1.807, 2.05) is 42.5 Å². The second-order valence-electron chi connectivity index (χ2n) is 7.80. The molecule has 0 aliphatic heterocycles. The van der Waals surface area contributed by atoms with Gasteiger partial charge in [0.2, 0.25) is 0 Å².